The Labute approximate surface area is 170 Å². The summed E-state index contributed by atoms with van der Waals surface area (Å²) in [6.07, 6.45) is 2.76. The van der Waals surface area contributed by atoms with E-state index in [0.717, 1.165) is 18.3 Å². The minimum absolute atomic E-state index is 0.372. The maximum absolute atomic E-state index is 4.75. The second-order valence-electron chi connectivity index (χ2n) is 7.58. The Balaban J connectivity index is -0.000000398. The molecule has 1 rings (SSSR count). The molecule has 0 aliphatic rings. The van der Waals surface area contributed by atoms with Crippen LogP contribution in [0.3, 0.4) is 0 Å². The van der Waals surface area contributed by atoms with Crippen LogP contribution in [0.5, 0.6) is 0 Å². The Morgan fingerprint density at radius 1 is 0.923 bits per heavy atom. The van der Waals surface area contributed by atoms with Gasteiger partial charge in [0, 0.05) is 13.2 Å². The van der Waals surface area contributed by atoms with Crippen LogP contribution < -0.4 is 10.5 Å². The second kappa shape index (κ2) is 20.8. The van der Waals surface area contributed by atoms with Crippen molar-refractivity contribution in [2.24, 2.45) is 17.6 Å². The summed E-state index contributed by atoms with van der Waals surface area (Å²) in [7, 11) is 3.20. The van der Waals surface area contributed by atoms with Gasteiger partial charge in [-0.3, -0.25) is 4.72 Å². The average Bonchev–Trinajstić information content (AvgIpc) is 2.58. The Hall–Kier alpha value is -0.550. The zero-order chi connectivity index (χ0) is 21.1. The van der Waals surface area contributed by atoms with E-state index in [1.165, 1.54) is 24.6 Å². The smallest absolute Gasteiger partial charge is 0.0515 e. The van der Waals surface area contributed by atoms with Gasteiger partial charge in [-0.15, -0.1) is 0 Å². The summed E-state index contributed by atoms with van der Waals surface area (Å²) in [6.45, 7) is 17.1. The summed E-state index contributed by atoms with van der Waals surface area (Å²) in [4.78, 5) is 0. The summed E-state index contributed by atoms with van der Waals surface area (Å²) >= 11 is 4.21. The average molecular weight is 387 g/mol. The molecule has 3 N–H and O–H groups in total. The van der Waals surface area contributed by atoms with Gasteiger partial charge in [0.1, 0.15) is 0 Å². The lowest BCUT2D eigenvalue weighted by Gasteiger charge is -2.17. The first-order valence-corrected chi connectivity index (χ1v) is 10.1. The first-order valence-electron chi connectivity index (χ1n) is 9.70. The van der Waals surface area contributed by atoms with E-state index < -0.39 is 0 Å². The summed E-state index contributed by atoms with van der Waals surface area (Å²) < 4.78 is 7.84. The van der Waals surface area contributed by atoms with Gasteiger partial charge in [0.05, 0.1) is 6.10 Å². The van der Waals surface area contributed by atoms with Crippen molar-refractivity contribution in [3.63, 3.8) is 0 Å². The first-order chi connectivity index (χ1) is 12.1. The minimum atomic E-state index is 0.372. The molecule has 3 nitrogen and oxygen atoms in total. The molecule has 0 radical (unpaired) electrons. The van der Waals surface area contributed by atoms with E-state index in [0.29, 0.717) is 12.1 Å². The van der Waals surface area contributed by atoms with Gasteiger partial charge in [0.15, 0.2) is 0 Å². The van der Waals surface area contributed by atoms with Crippen LogP contribution >= 0.6 is 12.8 Å². The molecule has 0 amide bonds. The van der Waals surface area contributed by atoms with E-state index in [4.69, 9.17) is 4.74 Å². The fraction of sp³-hybridized carbons (Fsp3) is 0.727. The Morgan fingerprint density at radius 2 is 1.31 bits per heavy atom. The van der Waals surface area contributed by atoms with Crippen molar-refractivity contribution in [2.45, 2.75) is 80.4 Å². The molecule has 4 heteroatoms. The van der Waals surface area contributed by atoms with E-state index in [9.17, 15) is 0 Å². The minimum Gasteiger partial charge on any atom is -0.382 e. The molecule has 0 saturated heterocycles. The van der Waals surface area contributed by atoms with Gasteiger partial charge >= 0.3 is 0 Å². The molecule has 0 aliphatic heterocycles. The maximum atomic E-state index is 4.75. The normalized spacial score (nSPS) is 11.0. The highest BCUT2D eigenvalue weighted by Crippen LogP contribution is 2.21. The molecule has 0 saturated carbocycles. The number of hydrogen-bond acceptors (Lipinski definition) is 4. The number of nitrogens with two attached hydrogens (primary N) is 1. The van der Waals surface area contributed by atoms with Crippen LogP contribution in [0.2, 0.25) is 0 Å². The summed E-state index contributed by atoms with van der Waals surface area (Å²) in [5.74, 6) is 1.58. The fourth-order valence-electron chi connectivity index (χ4n) is 1.60. The molecule has 1 unspecified atom stereocenters. The van der Waals surface area contributed by atoms with Crippen LogP contribution in [0.15, 0.2) is 24.3 Å². The summed E-state index contributed by atoms with van der Waals surface area (Å²) in [5.41, 5.74) is 7.14. The number of benzene rings is 1. The van der Waals surface area contributed by atoms with Gasteiger partial charge in [-0.1, -0.05) is 77.3 Å². The largest absolute Gasteiger partial charge is 0.382 e. The first kappa shape index (κ1) is 30.2. The third-order valence-corrected chi connectivity index (χ3v) is 3.45. The third-order valence-electron chi connectivity index (χ3n) is 3.14. The van der Waals surface area contributed by atoms with Gasteiger partial charge in [-0.05, 0) is 58.1 Å². The summed E-state index contributed by atoms with van der Waals surface area (Å²) in [5, 5.41) is 0. The van der Waals surface area contributed by atoms with Crippen LogP contribution in [0.25, 0.3) is 0 Å². The standard InChI is InChI=1S/C13H21NS.C4H10O.C4H10.CH5N/c1-10(2)4-9-13(14-15)12-7-5-11(3)6-8-12;1-4(2)5-3;1-4(2)3;1-2/h5-8,10,13-15H,4,9H2,1-3H3;4H,1-3H3;4H,1-3H3;2H2,1H3. The number of rotatable bonds is 6. The highest BCUT2D eigenvalue weighted by molar-refractivity contribution is 7.78. The van der Waals surface area contributed by atoms with Crippen LogP contribution in [0.4, 0.5) is 0 Å². The molecular formula is C22H46N2OS. The molecule has 26 heavy (non-hydrogen) atoms. The third kappa shape index (κ3) is 23.4. The SMILES string of the molecule is CC(C)C.CN.COC(C)C.Cc1ccc(C(CCC(C)C)NS)cc1. The predicted octanol–water partition coefficient (Wildman–Crippen LogP) is 6.19. The molecule has 0 aromatic heterocycles. The molecule has 1 atom stereocenters. The van der Waals surface area contributed by atoms with Crippen LogP contribution in [0, 0.1) is 18.8 Å². The highest BCUT2D eigenvalue weighted by atomic mass is 32.1. The van der Waals surface area contributed by atoms with Gasteiger partial charge in [0.2, 0.25) is 0 Å². The molecular weight excluding hydrogens is 340 g/mol. The number of hydrogen-bond donors (Lipinski definition) is 3. The van der Waals surface area contributed by atoms with E-state index in [1.54, 1.807) is 7.11 Å². The highest BCUT2D eigenvalue weighted by Gasteiger charge is 2.09. The lowest BCUT2D eigenvalue weighted by Crippen LogP contribution is -2.12. The maximum Gasteiger partial charge on any atom is 0.0515 e. The molecule has 0 aliphatic carbocycles. The number of methoxy groups -OCH3 is 1. The zero-order valence-electron chi connectivity index (χ0n) is 19.0. The number of ether oxygens (including phenoxy) is 1. The molecule has 0 heterocycles. The monoisotopic (exact) mass is 386 g/mol. The molecule has 1 aromatic carbocycles. The van der Waals surface area contributed by atoms with Crippen molar-refractivity contribution in [1.29, 1.82) is 0 Å². The lowest BCUT2D eigenvalue weighted by atomic mass is 9.98. The number of nitrogens with one attached hydrogen (secondary N) is 1. The van der Waals surface area contributed by atoms with E-state index in [-0.39, 0.29) is 0 Å². The van der Waals surface area contributed by atoms with Crippen molar-refractivity contribution in [3.05, 3.63) is 35.4 Å². The predicted molar refractivity (Wildman–Crippen MR) is 123 cm³/mol. The number of aryl methyl sites for hydroxylation is 1. The van der Waals surface area contributed by atoms with E-state index in [2.05, 4.69) is 89.1 Å². The molecule has 0 fully saturated rings. The Kier molecular flexibility index (Phi) is 24.1. The van der Waals surface area contributed by atoms with Gasteiger partial charge < -0.3 is 10.5 Å². The van der Waals surface area contributed by atoms with Crippen molar-refractivity contribution in [3.8, 4) is 0 Å². The summed E-state index contributed by atoms with van der Waals surface area (Å²) in [6, 6.07) is 9.05. The van der Waals surface area contributed by atoms with Crippen molar-refractivity contribution < 1.29 is 4.74 Å². The van der Waals surface area contributed by atoms with Crippen molar-refractivity contribution in [2.75, 3.05) is 14.2 Å². The lowest BCUT2D eigenvalue weighted by molar-refractivity contribution is 0.134. The Bertz CT molecular complexity index is 375. The topological polar surface area (TPSA) is 47.3 Å². The fourth-order valence-corrected chi connectivity index (χ4v) is 1.88. The number of thiol groups is 1. The van der Waals surface area contributed by atoms with E-state index in [1.807, 2.05) is 13.8 Å². The van der Waals surface area contributed by atoms with Crippen molar-refractivity contribution in [1.82, 2.24) is 4.72 Å². The van der Waals surface area contributed by atoms with Crippen molar-refractivity contribution >= 4 is 12.8 Å². The van der Waals surface area contributed by atoms with Crippen LogP contribution in [-0.4, -0.2) is 20.3 Å². The van der Waals surface area contributed by atoms with Crippen LogP contribution in [-0.2, 0) is 4.74 Å². The molecule has 0 bridgehead atoms. The second-order valence-corrected chi connectivity index (χ2v) is 7.84. The van der Waals surface area contributed by atoms with Gasteiger partial charge in [-0.25, -0.2) is 0 Å². The zero-order valence-corrected chi connectivity index (χ0v) is 19.9. The molecule has 0 spiro atoms. The Morgan fingerprint density at radius 3 is 1.58 bits per heavy atom. The van der Waals surface area contributed by atoms with Crippen LogP contribution in [0.1, 0.15) is 78.5 Å². The van der Waals surface area contributed by atoms with Gasteiger partial charge in [0.25, 0.3) is 0 Å². The van der Waals surface area contributed by atoms with E-state index >= 15 is 0 Å². The molecule has 1 aromatic rings. The molecule has 156 valence electrons. The quantitative estimate of drug-likeness (QED) is 0.511. The van der Waals surface area contributed by atoms with Gasteiger partial charge in [-0.2, -0.15) is 0 Å².